The predicted molar refractivity (Wildman–Crippen MR) is 84.4 cm³/mol. The van der Waals surface area contributed by atoms with Crippen molar-refractivity contribution in [3.8, 4) is 0 Å². The van der Waals surface area contributed by atoms with Gasteiger partial charge < -0.3 is 10.2 Å². The van der Waals surface area contributed by atoms with Crippen molar-refractivity contribution in [3.05, 3.63) is 33.3 Å². The topological polar surface area (TPSA) is 49.4 Å². The molecular formula is C15H16BrClN2O2. The first-order valence-corrected chi connectivity index (χ1v) is 8.30. The van der Waals surface area contributed by atoms with Crippen LogP contribution in [0.5, 0.6) is 0 Å². The van der Waals surface area contributed by atoms with Gasteiger partial charge in [-0.15, -0.1) is 0 Å². The maximum absolute atomic E-state index is 12.7. The van der Waals surface area contributed by atoms with Crippen molar-refractivity contribution in [2.75, 3.05) is 6.54 Å². The van der Waals surface area contributed by atoms with Gasteiger partial charge in [0.1, 0.15) is 6.04 Å². The van der Waals surface area contributed by atoms with Gasteiger partial charge >= 0.3 is 0 Å². The summed E-state index contributed by atoms with van der Waals surface area (Å²) in [6.45, 7) is 0.622. The number of carbonyl (C=O) groups excluding carboxylic acids is 2. The zero-order valence-electron chi connectivity index (χ0n) is 11.4. The minimum absolute atomic E-state index is 0.0200. The Hall–Kier alpha value is -1.07. The molecule has 1 atom stereocenters. The SMILES string of the molecule is O=C(NC1CC1)C1CCCN1C(=O)c1ccc(Cl)cc1Br. The molecule has 21 heavy (non-hydrogen) atoms. The average Bonchev–Trinajstić information content (AvgIpc) is 3.11. The second-order valence-corrected chi connectivity index (χ2v) is 6.85. The van der Waals surface area contributed by atoms with Gasteiger partial charge in [-0.2, -0.15) is 0 Å². The second-order valence-electron chi connectivity index (χ2n) is 5.56. The highest BCUT2D eigenvalue weighted by Gasteiger charge is 2.37. The van der Waals surface area contributed by atoms with Crippen LogP contribution >= 0.6 is 27.5 Å². The molecule has 1 heterocycles. The van der Waals surface area contributed by atoms with E-state index in [1.165, 1.54) is 0 Å². The molecule has 2 aliphatic rings. The molecular weight excluding hydrogens is 356 g/mol. The summed E-state index contributed by atoms with van der Waals surface area (Å²) in [6.07, 6.45) is 3.69. The summed E-state index contributed by atoms with van der Waals surface area (Å²) in [5, 5.41) is 3.56. The van der Waals surface area contributed by atoms with E-state index in [9.17, 15) is 9.59 Å². The second kappa shape index (κ2) is 5.97. The highest BCUT2D eigenvalue weighted by Crippen LogP contribution is 2.27. The van der Waals surface area contributed by atoms with E-state index in [1.54, 1.807) is 23.1 Å². The summed E-state index contributed by atoms with van der Waals surface area (Å²) in [7, 11) is 0. The van der Waals surface area contributed by atoms with E-state index in [0.29, 0.717) is 27.6 Å². The number of nitrogens with one attached hydrogen (secondary N) is 1. The Balaban J connectivity index is 1.77. The fourth-order valence-electron chi connectivity index (χ4n) is 2.63. The van der Waals surface area contributed by atoms with Gasteiger partial charge in [-0.25, -0.2) is 0 Å². The van der Waals surface area contributed by atoms with Crippen molar-refractivity contribution in [1.82, 2.24) is 10.2 Å². The number of nitrogens with zero attached hydrogens (tertiary/aromatic N) is 1. The minimum Gasteiger partial charge on any atom is -0.352 e. The zero-order valence-corrected chi connectivity index (χ0v) is 13.8. The third-order valence-corrected chi connectivity index (χ3v) is 4.79. The fraction of sp³-hybridized carbons (Fsp3) is 0.467. The van der Waals surface area contributed by atoms with Gasteiger partial charge in [0.15, 0.2) is 0 Å². The van der Waals surface area contributed by atoms with Crippen LogP contribution in [0, 0.1) is 0 Å². The van der Waals surface area contributed by atoms with Gasteiger partial charge in [-0.1, -0.05) is 11.6 Å². The Kier molecular flexibility index (Phi) is 4.22. The minimum atomic E-state index is -0.347. The van der Waals surface area contributed by atoms with Gasteiger partial charge in [0, 0.05) is 22.1 Å². The summed E-state index contributed by atoms with van der Waals surface area (Å²) in [5.41, 5.74) is 0.547. The lowest BCUT2D eigenvalue weighted by molar-refractivity contribution is -0.125. The van der Waals surface area contributed by atoms with Crippen molar-refractivity contribution in [2.45, 2.75) is 37.8 Å². The van der Waals surface area contributed by atoms with Crippen LogP contribution in [0.3, 0.4) is 0 Å². The van der Waals surface area contributed by atoms with Crippen LogP contribution in [0.15, 0.2) is 22.7 Å². The lowest BCUT2D eigenvalue weighted by Gasteiger charge is -2.24. The maximum Gasteiger partial charge on any atom is 0.255 e. The van der Waals surface area contributed by atoms with Crippen molar-refractivity contribution in [2.24, 2.45) is 0 Å². The van der Waals surface area contributed by atoms with E-state index >= 15 is 0 Å². The fourth-order valence-corrected chi connectivity index (χ4v) is 3.48. The zero-order chi connectivity index (χ0) is 15.0. The van der Waals surface area contributed by atoms with Crippen molar-refractivity contribution in [1.29, 1.82) is 0 Å². The van der Waals surface area contributed by atoms with Gasteiger partial charge in [-0.05, 0) is 59.8 Å². The van der Waals surface area contributed by atoms with Gasteiger partial charge in [0.25, 0.3) is 5.91 Å². The van der Waals surface area contributed by atoms with E-state index in [-0.39, 0.29) is 17.9 Å². The normalized spacial score (nSPS) is 21.4. The van der Waals surface area contributed by atoms with Crippen LogP contribution in [0.1, 0.15) is 36.0 Å². The number of likely N-dealkylation sites (tertiary alicyclic amines) is 1. The number of benzene rings is 1. The number of hydrogen-bond acceptors (Lipinski definition) is 2. The Morgan fingerprint density at radius 1 is 1.29 bits per heavy atom. The molecule has 0 aromatic heterocycles. The Bertz CT molecular complexity index is 589. The van der Waals surface area contributed by atoms with Crippen LogP contribution in [-0.2, 0) is 4.79 Å². The van der Waals surface area contributed by atoms with E-state index in [0.717, 1.165) is 25.7 Å². The number of hydrogen-bond donors (Lipinski definition) is 1. The molecule has 2 fully saturated rings. The van der Waals surface area contributed by atoms with E-state index in [1.807, 2.05) is 0 Å². The molecule has 1 aromatic rings. The molecule has 0 bridgehead atoms. The molecule has 6 heteroatoms. The number of amides is 2. The smallest absolute Gasteiger partial charge is 0.255 e. The van der Waals surface area contributed by atoms with Gasteiger partial charge in [0.05, 0.1) is 5.56 Å². The highest BCUT2D eigenvalue weighted by atomic mass is 79.9. The first kappa shape index (κ1) is 14.9. The summed E-state index contributed by atoms with van der Waals surface area (Å²) >= 11 is 9.28. The predicted octanol–water partition coefficient (Wildman–Crippen LogP) is 2.99. The quantitative estimate of drug-likeness (QED) is 0.888. The third-order valence-electron chi connectivity index (χ3n) is 3.90. The van der Waals surface area contributed by atoms with Gasteiger partial charge in [-0.3, -0.25) is 9.59 Å². The number of carbonyl (C=O) groups is 2. The number of halogens is 2. The van der Waals surface area contributed by atoms with Crippen LogP contribution in [0.4, 0.5) is 0 Å². The molecule has 112 valence electrons. The van der Waals surface area contributed by atoms with Crippen LogP contribution in [0.25, 0.3) is 0 Å². The lowest BCUT2D eigenvalue weighted by Crippen LogP contribution is -2.46. The average molecular weight is 372 g/mol. The van der Waals surface area contributed by atoms with Crippen molar-refractivity contribution < 1.29 is 9.59 Å². The van der Waals surface area contributed by atoms with E-state index in [4.69, 9.17) is 11.6 Å². The van der Waals surface area contributed by atoms with E-state index in [2.05, 4.69) is 21.2 Å². The molecule has 1 N–H and O–H groups in total. The van der Waals surface area contributed by atoms with Crippen LogP contribution < -0.4 is 5.32 Å². The molecule has 1 unspecified atom stereocenters. The Morgan fingerprint density at radius 3 is 2.71 bits per heavy atom. The lowest BCUT2D eigenvalue weighted by atomic mass is 10.1. The molecule has 2 amide bonds. The molecule has 0 spiro atoms. The summed E-state index contributed by atoms with van der Waals surface area (Å²) < 4.78 is 0.660. The molecule has 0 radical (unpaired) electrons. The first-order valence-electron chi connectivity index (χ1n) is 7.12. The Morgan fingerprint density at radius 2 is 2.05 bits per heavy atom. The molecule has 4 nitrogen and oxygen atoms in total. The van der Waals surface area contributed by atoms with Gasteiger partial charge in [0.2, 0.25) is 5.91 Å². The summed E-state index contributed by atoms with van der Waals surface area (Å²) in [6, 6.07) is 5.06. The maximum atomic E-state index is 12.7. The molecule has 1 aliphatic heterocycles. The molecule has 3 rings (SSSR count). The molecule has 1 saturated heterocycles. The third kappa shape index (κ3) is 3.24. The highest BCUT2D eigenvalue weighted by molar-refractivity contribution is 9.10. The summed E-state index contributed by atoms with van der Waals surface area (Å²) in [4.78, 5) is 26.6. The molecule has 1 saturated carbocycles. The number of rotatable bonds is 3. The largest absolute Gasteiger partial charge is 0.352 e. The summed E-state index contributed by atoms with van der Waals surface area (Å²) in [5.74, 6) is -0.138. The van der Waals surface area contributed by atoms with E-state index < -0.39 is 0 Å². The molecule has 1 aliphatic carbocycles. The Labute approximate surface area is 137 Å². The van der Waals surface area contributed by atoms with Crippen molar-refractivity contribution in [3.63, 3.8) is 0 Å². The van der Waals surface area contributed by atoms with Crippen molar-refractivity contribution >= 4 is 39.3 Å². The monoisotopic (exact) mass is 370 g/mol. The van der Waals surface area contributed by atoms with Crippen LogP contribution in [-0.4, -0.2) is 35.3 Å². The standard InChI is InChI=1S/C15H16BrClN2O2/c16-12-8-9(17)3-6-11(12)15(21)19-7-1-2-13(19)14(20)18-10-4-5-10/h3,6,8,10,13H,1-2,4-5,7H2,(H,18,20). The molecule has 1 aromatic carbocycles. The van der Waals surface area contributed by atoms with Crippen LogP contribution in [0.2, 0.25) is 5.02 Å². The first-order chi connectivity index (χ1) is 10.1.